The minimum atomic E-state index is -0.911. The number of methoxy groups -OCH3 is 1. The summed E-state index contributed by atoms with van der Waals surface area (Å²) in [5, 5.41) is 8.80. The van der Waals surface area contributed by atoms with Gasteiger partial charge in [-0.05, 0) is 31.0 Å². The fourth-order valence-electron chi connectivity index (χ4n) is 1.65. The van der Waals surface area contributed by atoms with Crippen LogP contribution in [-0.4, -0.2) is 18.9 Å². The minimum Gasteiger partial charge on any atom is -0.468 e. The Labute approximate surface area is 99.8 Å². The number of nitriles is 1. The first-order chi connectivity index (χ1) is 8.01. The average molecular weight is 231 g/mol. The largest absolute Gasteiger partial charge is 0.468 e. The van der Waals surface area contributed by atoms with E-state index in [0.29, 0.717) is 11.1 Å². The Morgan fingerprint density at radius 1 is 1.41 bits per heavy atom. The molecule has 17 heavy (non-hydrogen) atoms. The Balaban J connectivity index is 3.22. The summed E-state index contributed by atoms with van der Waals surface area (Å²) in [4.78, 5) is 23.0. The van der Waals surface area contributed by atoms with Gasteiger partial charge in [-0.15, -0.1) is 0 Å². The molecule has 0 N–H and O–H groups in total. The molecule has 4 nitrogen and oxygen atoms in total. The first-order valence-corrected chi connectivity index (χ1v) is 5.10. The van der Waals surface area contributed by atoms with Gasteiger partial charge in [-0.3, -0.25) is 9.59 Å². The van der Waals surface area contributed by atoms with E-state index in [2.05, 4.69) is 4.74 Å². The van der Waals surface area contributed by atoms with Crippen LogP contribution in [-0.2, 0) is 14.3 Å². The van der Waals surface area contributed by atoms with Gasteiger partial charge in [-0.2, -0.15) is 5.26 Å². The van der Waals surface area contributed by atoms with Gasteiger partial charge in [0, 0.05) is 0 Å². The van der Waals surface area contributed by atoms with E-state index in [1.807, 2.05) is 6.07 Å². The van der Waals surface area contributed by atoms with Crippen LogP contribution in [0.3, 0.4) is 0 Å². The van der Waals surface area contributed by atoms with Gasteiger partial charge in [-0.25, -0.2) is 0 Å². The summed E-state index contributed by atoms with van der Waals surface area (Å²) in [5.41, 5.74) is 1.82. The van der Waals surface area contributed by atoms with Crippen molar-refractivity contribution in [3.63, 3.8) is 0 Å². The van der Waals surface area contributed by atoms with Crippen molar-refractivity contribution < 1.29 is 14.3 Å². The van der Waals surface area contributed by atoms with Crippen LogP contribution in [0.25, 0.3) is 0 Å². The van der Waals surface area contributed by atoms with E-state index in [0.717, 1.165) is 5.56 Å². The van der Waals surface area contributed by atoms with Crippen molar-refractivity contribution in [3.8, 4) is 6.07 Å². The van der Waals surface area contributed by atoms with Crippen LogP contribution in [0.5, 0.6) is 0 Å². The predicted molar refractivity (Wildman–Crippen MR) is 61.3 cm³/mol. The third-order valence-corrected chi connectivity index (χ3v) is 2.55. The van der Waals surface area contributed by atoms with Gasteiger partial charge >= 0.3 is 5.97 Å². The fourth-order valence-corrected chi connectivity index (χ4v) is 1.65. The Bertz CT molecular complexity index is 500. The summed E-state index contributed by atoms with van der Waals surface area (Å²) in [6.07, 6.45) is 0. The van der Waals surface area contributed by atoms with Crippen LogP contribution in [0.1, 0.15) is 29.5 Å². The Morgan fingerprint density at radius 2 is 2.06 bits per heavy atom. The van der Waals surface area contributed by atoms with E-state index in [1.54, 1.807) is 25.1 Å². The van der Waals surface area contributed by atoms with Gasteiger partial charge in [0.25, 0.3) is 0 Å². The second-order valence-corrected chi connectivity index (χ2v) is 3.75. The number of aryl methyl sites for hydroxylation is 1. The normalized spacial score (nSPS) is 11.4. The highest BCUT2D eigenvalue weighted by atomic mass is 16.5. The molecule has 0 aliphatic carbocycles. The standard InChI is InChI=1S/C13H13NO3/c1-8-6-10(4-5-11(8)7-14)12(9(2)15)13(16)17-3/h4-6,12H,1-3H3. The van der Waals surface area contributed by atoms with Crippen molar-refractivity contribution in [2.24, 2.45) is 0 Å². The summed E-state index contributed by atoms with van der Waals surface area (Å²) < 4.78 is 4.60. The number of ether oxygens (including phenoxy) is 1. The number of ketones is 1. The summed E-state index contributed by atoms with van der Waals surface area (Å²) >= 11 is 0. The summed E-state index contributed by atoms with van der Waals surface area (Å²) in [5.74, 6) is -1.77. The van der Waals surface area contributed by atoms with E-state index < -0.39 is 11.9 Å². The lowest BCUT2D eigenvalue weighted by atomic mass is 9.93. The van der Waals surface area contributed by atoms with E-state index in [-0.39, 0.29) is 5.78 Å². The lowest BCUT2D eigenvalue weighted by molar-refractivity contribution is -0.145. The van der Waals surface area contributed by atoms with Gasteiger partial charge in [0.1, 0.15) is 11.7 Å². The minimum absolute atomic E-state index is 0.277. The van der Waals surface area contributed by atoms with Gasteiger partial charge in [0.15, 0.2) is 0 Å². The van der Waals surface area contributed by atoms with Crippen LogP contribution in [0.15, 0.2) is 18.2 Å². The lowest BCUT2D eigenvalue weighted by Gasteiger charge is -2.12. The molecule has 0 saturated heterocycles. The molecule has 1 unspecified atom stereocenters. The average Bonchev–Trinajstić information content (AvgIpc) is 2.28. The Kier molecular flexibility index (Phi) is 4.00. The van der Waals surface area contributed by atoms with E-state index >= 15 is 0 Å². The van der Waals surface area contributed by atoms with Crippen molar-refractivity contribution >= 4 is 11.8 Å². The molecular weight excluding hydrogens is 218 g/mol. The van der Waals surface area contributed by atoms with E-state index in [9.17, 15) is 9.59 Å². The Hall–Kier alpha value is -2.15. The van der Waals surface area contributed by atoms with E-state index in [1.165, 1.54) is 14.0 Å². The highest BCUT2D eigenvalue weighted by molar-refractivity contribution is 6.03. The maximum Gasteiger partial charge on any atom is 0.320 e. The van der Waals surface area contributed by atoms with Crippen LogP contribution >= 0.6 is 0 Å². The quantitative estimate of drug-likeness (QED) is 0.586. The third-order valence-electron chi connectivity index (χ3n) is 2.55. The second kappa shape index (κ2) is 5.26. The van der Waals surface area contributed by atoms with Crippen molar-refractivity contribution in [1.29, 1.82) is 5.26 Å². The molecule has 0 fully saturated rings. The molecule has 4 heteroatoms. The van der Waals surface area contributed by atoms with Crippen LogP contribution in [0.2, 0.25) is 0 Å². The zero-order valence-corrected chi connectivity index (χ0v) is 9.98. The molecular formula is C13H13NO3. The SMILES string of the molecule is COC(=O)C(C(C)=O)c1ccc(C#N)c(C)c1. The number of hydrogen-bond acceptors (Lipinski definition) is 4. The molecule has 0 saturated carbocycles. The third kappa shape index (κ3) is 2.70. The smallest absolute Gasteiger partial charge is 0.320 e. The van der Waals surface area contributed by atoms with Crippen molar-refractivity contribution in [1.82, 2.24) is 0 Å². The number of nitrogens with zero attached hydrogens (tertiary/aromatic N) is 1. The number of hydrogen-bond donors (Lipinski definition) is 0. The fraction of sp³-hybridized carbons (Fsp3) is 0.308. The number of esters is 1. The molecule has 88 valence electrons. The molecule has 0 spiro atoms. The topological polar surface area (TPSA) is 67.2 Å². The van der Waals surface area contributed by atoms with Crippen molar-refractivity contribution in [2.45, 2.75) is 19.8 Å². The molecule has 0 radical (unpaired) electrons. The maximum atomic E-state index is 11.5. The van der Waals surface area contributed by atoms with E-state index in [4.69, 9.17) is 5.26 Å². The molecule has 1 rings (SSSR count). The lowest BCUT2D eigenvalue weighted by Crippen LogP contribution is -2.21. The van der Waals surface area contributed by atoms with Crippen LogP contribution in [0, 0.1) is 18.3 Å². The van der Waals surface area contributed by atoms with Crippen LogP contribution in [0.4, 0.5) is 0 Å². The molecule has 0 aliphatic rings. The molecule has 0 heterocycles. The second-order valence-electron chi connectivity index (χ2n) is 3.75. The molecule has 0 aromatic heterocycles. The number of Topliss-reactive ketones (excluding diaryl/α,β-unsaturated/α-hetero) is 1. The summed E-state index contributed by atoms with van der Waals surface area (Å²) in [6, 6.07) is 6.91. The van der Waals surface area contributed by atoms with Crippen molar-refractivity contribution in [3.05, 3.63) is 34.9 Å². The van der Waals surface area contributed by atoms with Gasteiger partial charge in [0.05, 0.1) is 18.7 Å². The monoisotopic (exact) mass is 231 g/mol. The molecule has 1 aromatic carbocycles. The maximum absolute atomic E-state index is 11.5. The van der Waals surface area contributed by atoms with Gasteiger partial charge in [0.2, 0.25) is 0 Å². The summed E-state index contributed by atoms with van der Waals surface area (Å²) in [6.45, 7) is 3.10. The zero-order chi connectivity index (χ0) is 13.0. The first-order valence-electron chi connectivity index (χ1n) is 5.10. The summed E-state index contributed by atoms with van der Waals surface area (Å²) in [7, 11) is 1.24. The first kappa shape index (κ1) is 12.9. The van der Waals surface area contributed by atoms with Gasteiger partial charge in [-0.1, -0.05) is 12.1 Å². The molecule has 0 amide bonds. The number of benzene rings is 1. The van der Waals surface area contributed by atoms with Crippen LogP contribution < -0.4 is 0 Å². The number of carbonyl (C=O) groups excluding carboxylic acids is 2. The predicted octanol–water partition coefficient (Wildman–Crippen LogP) is 1.71. The zero-order valence-electron chi connectivity index (χ0n) is 9.98. The number of carbonyl (C=O) groups is 2. The van der Waals surface area contributed by atoms with Gasteiger partial charge < -0.3 is 4.74 Å². The molecule has 1 aromatic rings. The highest BCUT2D eigenvalue weighted by Crippen LogP contribution is 2.21. The molecule has 1 atom stereocenters. The Morgan fingerprint density at radius 3 is 2.47 bits per heavy atom. The molecule has 0 bridgehead atoms. The highest BCUT2D eigenvalue weighted by Gasteiger charge is 2.26. The number of rotatable bonds is 3. The van der Waals surface area contributed by atoms with Crippen molar-refractivity contribution in [2.75, 3.05) is 7.11 Å². The molecule has 0 aliphatic heterocycles.